The summed E-state index contributed by atoms with van der Waals surface area (Å²) in [5.41, 5.74) is 1.61. The van der Waals surface area contributed by atoms with Crippen LogP contribution < -0.4 is 10.1 Å². The summed E-state index contributed by atoms with van der Waals surface area (Å²) in [6.07, 6.45) is 0.916. The number of rotatable bonds is 6. The van der Waals surface area contributed by atoms with Gasteiger partial charge in [-0.25, -0.2) is 0 Å². The van der Waals surface area contributed by atoms with Gasteiger partial charge in [-0.2, -0.15) is 0 Å². The molecule has 0 saturated heterocycles. The highest BCUT2D eigenvalue weighted by Crippen LogP contribution is 2.32. The quantitative estimate of drug-likeness (QED) is 0.798. The van der Waals surface area contributed by atoms with Gasteiger partial charge in [0, 0.05) is 5.02 Å². The Balaban J connectivity index is 2.30. The average Bonchev–Trinajstić information content (AvgIpc) is 2.56. The van der Waals surface area contributed by atoms with Gasteiger partial charge in [-0.3, -0.25) is 4.79 Å². The second-order valence-electron chi connectivity index (χ2n) is 5.61. The largest absolute Gasteiger partial charge is 0.495 e. The zero-order valence-corrected chi connectivity index (χ0v) is 14.4. The molecular formula is C19H22ClNO2. The molecule has 2 rings (SSSR count). The first-order valence-electron chi connectivity index (χ1n) is 7.76. The van der Waals surface area contributed by atoms with Crippen LogP contribution in [-0.2, 0) is 4.79 Å². The molecule has 0 aliphatic carbocycles. The highest BCUT2D eigenvalue weighted by molar-refractivity contribution is 6.31. The number of amides is 1. The third-order valence-corrected chi connectivity index (χ3v) is 4.31. The molecule has 0 saturated carbocycles. The van der Waals surface area contributed by atoms with Crippen LogP contribution in [0.3, 0.4) is 0 Å². The minimum atomic E-state index is -0.218. The predicted molar refractivity (Wildman–Crippen MR) is 95.3 cm³/mol. The van der Waals surface area contributed by atoms with Crippen LogP contribution >= 0.6 is 11.6 Å². The number of ether oxygens (including phenoxy) is 1. The molecule has 3 nitrogen and oxygen atoms in total. The summed E-state index contributed by atoms with van der Waals surface area (Å²) in [6, 6.07) is 15.0. The van der Waals surface area contributed by atoms with Gasteiger partial charge in [0.05, 0.1) is 18.7 Å². The topological polar surface area (TPSA) is 38.3 Å². The number of halogens is 1. The van der Waals surface area contributed by atoms with E-state index in [1.54, 1.807) is 25.3 Å². The van der Waals surface area contributed by atoms with E-state index in [0.29, 0.717) is 16.5 Å². The number of benzene rings is 2. The molecule has 0 bridgehead atoms. The Labute approximate surface area is 142 Å². The zero-order valence-electron chi connectivity index (χ0n) is 13.7. The first-order valence-corrected chi connectivity index (χ1v) is 8.14. The summed E-state index contributed by atoms with van der Waals surface area (Å²) in [4.78, 5) is 12.9. The minimum Gasteiger partial charge on any atom is -0.495 e. The molecule has 1 amide bonds. The highest BCUT2D eigenvalue weighted by Gasteiger charge is 2.26. The van der Waals surface area contributed by atoms with E-state index in [1.165, 1.54) is 0 Å². The van der Waals surface area contributed by atoms with Crippen LogP contribution in [0.2, 0.25) is 5.02 Å². The molecular weight excluding hydrogens is 310 g/mol. The Bertz CT molecular complexity index is 658. The third kappa shape index (κ3) is 4.26. The van der Waals surface area contributed by atoms with E-state index in [1.807, 2.05) is 30.3 Å². The molecule has 0 fully saturated rings. The fraction of sp³-hybridized carbons (Fsp3) is 0.316. The number of nitrogens with one attached hydrogen (secondary N) is 1. The molecule has 2 aromatic carbocycles. The molecule has 23 heavy (non-hydrogen) atoms. The van der Waals surface area contributed by atoms with Gasteiger partial charge in [0.1, 0.15) is 5.75 Å². The van der Waals surface area contributed by atoms with Crippen LogP contribution in [0.4, 0.5) is 5.69 Å². The first kappa shape index (κ1) is 17.4. The van der Waals surface area contributed by atoms with Crippen LogP contribution in [-0.4, -0.2) is 13.0 Å². The van der Waals surface area contributed by atoms with Crippen molar-refractivity contribution < 1.29 is 9.53 Å². The van der Waals surface area contributed by atoms with Crippen LogP contribution in [0.25, 0.3) is 0 Å². The fourth-order valence-electron chi connectivity index (χ4n) is 2.62. The van der Waals surface area contributed by atoms with Gasteiger partial charge < -0.3 is 10.1 Å². The maximum atomic E-state index is 12.9. The van der Waals surface area contributed by atoms with Crippen molar-refractivity contribution in [3.8, 4) is 5.75 Å². The molecule has 0 aliphatic rings. The Morgan fingerprint density at radius 2 is 1.91 bits per heavy atom. The molecule has 0 heterocycles. The van der Waals surface area contributed by atoms with E-state index in [0.717, 1.165) is 12.0 Å². The van der Waals surface area contributed by atoms with Crippen molar-refractivity contribution in [1.29, 1.82) is 0 Å². The van der Waals surface area contributed by atoms with Crippen LogP contribution in [0, 0.1) is 5.92 Å². The van der Waals surface area contributed by atoms with Gasteiger partial charge in [0.15, 0.2) is 0 Å². The normalized spacial score (nSPS) is 13.2. The zero-order chi connectivity index (χ0) is 16.8. The van der Waals surface area contributed by atoms with Crippen molar-refractivity contribution in [2.75, 3.05) is 12.4 Å². The van der Waals surface area contributed by atoms with E-state index < -0.39 is 0 Å². The SMILES string of the molecule is CC[C@@H](C)[C@@H](C(=O)Nc1cc(Cl)ccc1OC)c1ccccc1. The number of carbonyl (C=O) groups excluding carboxylic acids is 1. The second kappa shape index (κ2) is 8.02. The van der Waals surface area contributed by atoms with Crippen LogP contribution in [0.5, 0.6) is 5.75 Å². The standard InChI is InChI=1S/C19H22ClNO2/c1-4-13(2)18(14-8-6-5-7-9-14)19(22)21-16-12-15(20)10-11-17(16)23-3/h5-13,18H,4H2,1-3H3,(H,21,22)/t13-,18-/m1/s1. The number of anilines is 1. The lowest BCUT2D eigenvalue weighted by Crippen LogP contribution is -2.26. The lowest BCUT2D eigenvalue weighted by Gasteiger charge is -2.23. The van der Waals surface area contributed by atoms with Crippen molar-refractivity contribution >= 4 is 23.2 Å². The van der Waals surface area contributed by atoms with Gasteiger partial charge >= 0.3 is 0 Å². The van der Waals surface area contributed by atoms with E-state index >= 15 is 0 Å². The van der Waals surface area contributed by atoms with Crippen molar-refractivity contribution in [2.24, 2.45) is 5.92 Å². The molecule has 0 aliphatic heterocycles. The van der Waals surface area contributed by atoms with E-state index in [-0.39, 0.29) is 17.7 Å². The first-order chi connectivity index (χ1) is 11.1. The lowest BCUT2D eigenvalue weighted by atomic mass is 9.85. The minimum absolute atomic E-state index is 0.0499. The predicted octanol–water partition coefficient (Wildman–Crippen LogP) is 5.12. The van der Waals surface area contributed by atoms with Crippen LogP contribution in [0.1, 0.15) is 31.7 Å². The van der Waals surface area contributed by atoms with Crippen molar-refractivity contribution in [3.63, 3.8) is 0 Å². The molecule has 0 aromatic heterocycles. The van der Waals surface area contributed by atoms with Crippen LogP contribution in [0.15, 0.2) is 48.5 Å². The third-order valence-electron chi connectivity index (χ3n) is 4.07. The lowest BCUT2D eigenvalue weighted by molar-refractivity contribution is -0.118. The molecule has 2 aromatic rings. The van der Waals surface area contributed by atoms with Gasteiger partial charge in [-0.15, -0.1) is 0 Å². The summed E-state index contributed by atoms with van der Waals surface area (Å²) in [7, 11) is 1.57. The Hall–Kier alpha value is -2.00. The summed E-state index contributed by atoms with van der Waals surface area (Å²) < 4.78 is 5.30. The average molecular weight is 332 g/mol. The fourth-order valence-corrected chi connectivity index (χ4v) is 2.79. The Kier molecular flexibility index (Phi) is 6.05. The van der Waals surface area contributed by atoms with Crippen molar-refractivity contribution in [3.05, 3.63) is 59.1 Å². The van der Waals surface area contributed by atoms with E-state index in [2.05, 4.69) is 19.2 Å². The monoisotopic (exact) mass is 331 g/mol. The molecule has 2 atom stereocenters. The summed E-state index contributed by atoms with van der Waals surface area (Å²) >= 11 is 6.04. The van der Waals surface area contributed by atoms with Gasteiger partial charge in [-0.1, -0.05) is 62.2 Å². The smallest absolute Gasteiger partial charge is 0.232 e. The Morgan fingerprint density at radius 1 is 1.22 bits per heavy atom. The summed E-state index contributed by atoms with van der Waals surface area (Å²) in [5.74, 6) is 0.553. The molecule has 1 N–H and O–H groups in total. The molecule has 0 spiro atoms. The number of methoxy groups -OCH3 is 1. The summed E-state index contributed by atoms with van der Waals surface area (Å²) in [6.45, 7) is 4.18. The molecule has 4 heteroatoms. The van der Waals surface area contributed by atoms with Gasteiger partial charge in [0.25, 0.3) is 0 Å². The summed E-state index contributed by atoms with van der Waals surface area (Å²) in [5, 5.41) is 3.52. The number of hydrogen-bond donors (Lipinski definition) is 1. The number of carbonyl (C=O) groups is 1. The van der Waals surface area contributed by atoms with E-state index in [9.17, 15) is 4.79 Å². The van der Waals surface area contributed by atoms with Gasteiger partial charge in [-0.05, 0) is 29.7 Å². The highest BCUT2D eigenvalue weighted by atomic mass is 35.5. The van der Waals surface area contributed by atoms with Gasteiger partial charge in [0.2, 0.25) is 5.91 Å². The molecule has 122 valence electrons. The maximum absolute atomic E-state index is 12.9. The van der Waals surface area contributed by atoms with Crippen molar-refractivity contribution in [2.45, 2.75) is 26.2 Å². The number of hydrogen-bond acceptors (Lipinski definition) is 2. The molecule has 0 radical (unpaired) electrons. The van der Waals surface area contributed by atoms with E-state index in [4.69, 9.17) is 16.3 Å². The maximum Gasteiger partial charge on any atom is 0.232 e. The molecule has 0 unspecified atom stereocenters. The Morgan fingerprint density at radius 3 is 2.52 bits per heavy atom. The van der Waals surface area contributed by atoms with Crippen molar-refractivity contribution in [1.82, 2.24) is 0 Å². The second-order valence-corrected chi connectivity index (χ2v) is 6.04.